The van der Waals surface area contributed by atoms with Crippen LogP contribution in [0.5, 0.6) is 0 Å². The Morgan fingerprint density at radius 3 is 2.62 bits per heavy atom. The first-order chi connectivity index (χ1) is 11.4. The molecule has 1 fully saturated rings. The van der Waals surface area contributed by atoms with Gasteiger partial charge in [-0.15, -0.1) is 0 Å². The zero-order valence-corrected chi connectivity index (χ0v) is 13.5. The molecular weight excluding hydrogens is 329 g/mol. The molecule has 1 atom stereocenters. The van der Waals surface area contributed by atoms with E-state index in [9.17, 15) is 18.0 Å². The van der Waals surface area contributed by atoms with Crippen molar-refractivity contribution in [1.29, 1.82) is 0 Å². The van der Waals surface area contributed by atoms with E-state index in [0.717, 1.165) is 0 Å². The third kappa shape index (κ3) is 5.73. The summed E-state index contributed by atoms with van der Waals surface area (Å²) in [5.74, 6) is -1.21. The SMILES string of the molecule is O=C(NCCNCCO)C1(C(F)(F)F)CC(=CCCO)CCCO1. The van der Waals surface area contributed by atoms with Crippen LogP contribution in [0.2, 0.25) is 0 Å². The van der Waals surface area contributed by atoms with Crippen LogP contribution in [0.3, 0.4) is 0 Å². The molecule has 9 heteroatoms. The third-order valence-electron chi connectivity index (χ3n) is 3.73. The van der Waals surface area contributed by atoms with Crippen LogP contribution in [0.1, 0.15) is 25.7 Å². The van der Waals surface area contributed by atoms with E-state index in [4.69, 9.17) is 14.9 Å². The smallest absolute Gasteiger partial charge is 0.396 e. The van der Waals surface area contributed by atoms with Gasteiger partial charge in [-0.05, 0) is 19.3 Å². The van der Waals surface area contributed by atoms with Gasteiger partial charge >= 0.3 is 6.18 Å². The van der Waals surface area contributed by atoms with E-state index in [1.54, 1.807) is 6.08 Å². The van der Waals surface area contributed by atoms with E-state index in [2.05, 4.69) is 10.6 Å². The van der Waals surface area contributed by atoms with Crippen LogP contribution in [0, 0.1) is 0 Å². The number of amides is 1. The third-order valence-corrected chi connectivity index (χ3v) is 3.73. The predicted octanol–water partition coefficient (Wildman–Crippen LogP) is 0.495. The highest BCUT2D eigenvalue weighted by Gasteiger charge is 2.62. The Balaban J connectivity index is 2.86. The molecule has 0 radical (unpaired) electrons. The first kappa shape index (κ1) is 20.9. The van der Waals surface area contributed by atoms with E-state index in [1.807, 2.05) is 0 Å². The minimum absolute atomic E-state index is 0.00426. The van der Waals surface area contributed by atoms with Crippen LogP contribution < -0.4 is 10.6 Å². The molecule has 6 nitrogen and oxygen atoms in total. The fourth-order valence-electron chi connectivity index (χ4n) is 2.52. The number of hydrogen-bond donors (Lipinski definition) is 4. The van der Waals surface area contributed by atoms with Crippen LogP contribution in [0.25, 0.3) is 0 Å². The van der Waals surface area contributed by atoms with E-state index < -0.39 is 24.1 Å². The van der Waals surface area contributed by atoms with Gasteiger partial charge in [0.1, 0.15) is 0 Å². The number of halogens is 3. The lowest BCUT2D eigenvalue weighted by Gasteiger charge is -2.33. The lowest BCUT2D eigenvalue weighted by atomic mass is 9.90. The van der Waals surface area contributed by atoms with Crippen molar-refractivity contribution in [2.75, 3.05) is 39.5 Å². The molecule has 1 amide bonds. The standard InChI is InChI=1S/C15H25F3N2O4/c16-15(17,18)14(13(23)20-6-5-19-7-9-22)11-12(3-1-8-21)4-2-10-24-14/h3,19,21-22H,1-2,4-11H2,(H,20,23). The molecule has 1 unspecified atom stereocenters. The number of ether oxygens (including phenoxy) is 1. The van der Waals surface area contributed by atoms with Gasteiger partial charge in [-0.3, -0.25) is 4.79 Å². The highest BCUT2D eigenvalue weighted by molar-refractivity contribution is 5.86. The maximum atomic E-state index is 13.6. The lowest BCUT2D eigenvalue weighted by Crippen LogP contribution is -2.59. The maximum absolute atomic E-state index is 13.6. The van der Waals surface area contributed by atoms with Crippen LogP contribution in [-0.4, -0.2) is 67.4 Å². The van der Waals surface area contributed by atoms with E-state index in [0.29, 0.717) is 25.0 Å². The molecule has 24 heavy (non-hydrogen) atoms. The van der Waals surface area contributed by atoms with E-state index >= 15 is 0 Å². The Morgan fingerprint density at radius 1 is 1.25 bits per heavy atom. The molecular formula is C15H25F3N2O4. The van der Waals surface area contributed by atoms with Gasteiger partial charge in [0.25, 0.3) is 5.91 Å². The number of hydrogen-bond acceptors (Lipinski definition) is 5. The lowest BCUT2D eigenvalue weighted by molar-refractivity contribution is -0.265. The quantitative estimate of drug-likeness (QED) is 0.376. The predicted molar refractivity (Wildman–Crippen MR) is 81.3 cm³/mol. The molecule has 1 aliphatic heterocycles. The van der Waals surface area contributed by atoms with Gasteiger partial charge in [0, 0.05) is 39.3 Å². The molecule has 0 spiro atoms. The summed E-state index contributed by atoms with van der Waals surface area (Å²) in [4.78, 5) is 12.3. The van der Waals surface area contributed by atoms with Crippen LogP contribution in [0.4, 0.5) is 13.2 Å². The molecule has 4 N–H and O–H groups in total. The number of rotatable bonds is 8. The van der Waals surface area contributed by atoms with Crippen molar-refractivity contribution in [2.24, 2.45) is 0 Å². The number of aliphatic hydroxyl groups is 2. The van der Waals surface area contributed by atoms with Crippen LogP contribution >= 0.6 is 0 Å². The summed E-state index contributed by atoms with van der Waals surface area (Å²) in [6.07, 6.45) is -2.82. The van der Waals surface area contributed by atoms with Gasteiger partial charge in [-0.1, -0.05) is 11.6 Å². The summed E-state index contributed by atoms with van der Waals surface area (Å²) >= 11 is 0. The number of alkyl halides is 3. The molecule has 1 rings (SSSR count). The second-order valence-corrected chi connectivity index (χ2v) is 5.56. The Hall–Kier alpha value is -1.16. The van der Waals surface area contributed by atoms with Crippen molar-refractivity contribution in [3.05, 3.63) is 11.6 Å². The van der Waals surface area contributed by atoms with Gasteiger partial charge in [-0.25, -0.2) is 0 Å². The fourth-order valence-corrected chi connectivity index (χ4v) is 2.52. The summed E-state index contributed by atoms with van der Waals surface area (Å²) in [5, 5.41) is 22.5. The number of carbonyl (C=O) groups is 1. The molecule has 0 bridgehead atoms. The van der Waals surface area contributed by atoms with Crippen LogP contribution in [-0.2, 0) is 9.53 Å². The monoisotopic (exact) mass is 354 g/mol. The second-order valence-electron chi connectivity index (χ2n) is 5.56. The summed E-state index contributed by atoms with van der Waals surface area (Å²) in [7, 11) is 0. The van der Waals surface area contributed by atoms with Gasteiger partial charge in [-0.2, -0.15) is 13.2 Å². The highest BCUT2D eigenvalue weighted by atomic mass is 19.4. The Kier molecular flexibility index (Phi) is 8.68. The largest absolute Gasteiger partial charge is 0.426 e. The minimum Gasteiger partial charge on any atom is -0.396 e. The van der Waals surface area contributed by atoms with Gasteiger partial charge in [0.15, 0.2) is 0 Å². The minimum atomic E-state index is -4.85. The van der Waals surface area contributed by atoms with Crippen molar-refractivity contribution in [1.82, 2.24) is 10.6 Å². The molecule has 0 aromatic carbocycles. The Morgan fingerprint density at radius 2 is 2.00 bits per heavy atom. The first-order valence-electron chi connectivity index (χ1n) is 7.96. The Bertz CT molecular complexity index is 429. The van der Waals surface area contributed by atoms with Crippen LogP contribution in [0.15, 0.2) is 11.6 Å². The fraction of sp³-hybridized carbons (Fsp3) is 0.800. The molecule has 1 saturated heterocycles. The number of nitrogens with one attached hydrogen (secondary N) is 2. The van der Waals surface area contributed by atoms with Crippen molar-refractivity contribution >= 4 is 5.91 Å². The average Bonchev–Trinajstić information content (AvgIpc) is 2.75. The van der Waals surface area contributed by atoms with E-state index in [1.165, 1.54) is 0 Å². The molecule has 0 aromatic heterocycles. The zero-order chi connectivity index (χ0) is 18.1. The van der Waals surface area contributed by atoms with Crippen molar-refractivity contribution in [3.8, 4) is 0 Å². The average molecular weight is 354 g/mol. The van der Waals surface area contributed by atoms with E-state index in [-0.39, 0.29) is 39.3 Å². The topological polar surface area (TPSA) is 90.8 Å². The normalized spacial score (nSPS) is 24.0. The van der Waals surface area contributed by atoms with Crippen molar-refractivity contribution in [3.63, 3.8) is 0 Å². The number of carbonyl (C=O) groups excluding carboxylic acids is 1. The molecule has 1 aliphatic rings. The van der Waals surface area contributed by atoms with Crippen molar-refractivity contribution in [2.45, 2.75) is 37.5 Å². The van der Waals surface area contributed by atoms with Gasteiger partial charge in [0.2, 0.25) is 5.60 Å². The second kappa shape index (κ2) is 9.97. The molecule has 1 heterocycles. The Labute approximate surface area is 139 Å². The molecule has 0 saturated carbocycles. The summed E-state index contributed by atoms with van der Waals surface area (Å²) < 4.78 is 45.9. The number of aliphatic hydroxyl groups excluding tert-OH is 2. The highest BCUT2D eigenvalue weighted by Crippen LogP contribution is 2.41. The van der Waals surface area contributed by atoms with Gasteiger partial charge < -0.3 is 25.6 Å². The molecule has 140 valence electrons. The first-order valence-corrected chi connectivity index (χ1v) is 7.96. The molecule has 0 aliphatic carbocycles. The summed E-state index contributed by atoms with van der Waals surface area (Å²) in [6, 6.07) is 0. The van der Waals surface area contributed by atoms with Gasteiger partial charge in [0.05, 0.1) is 6.61 Å². The molecule has 0 aromatic rings. The zero-order valence-electron chi connectivity index (χ0n) is 13.5. The van der Waals surface area contributed by atoms with Crippen molar-refractivity contribution < 1.29 is 32.9 Å². The summed E-state index contributed by atoms with van der Waals surface area (Å²) in [5.41, 5.74) is -2.44. The summed E-state index contributed by atoms with van der Waals surface area (Å²) in [6.45, 7) is 0.120. The maximum Gasteiger partial charge on any atom is 0.426 e.